The van der Waals surface area contributed by atoms with E-state index in [9.17, 15) is 9.59 Å². The van der Waals surface area contributed by atoms with Crippen molar-refractivity contribution in [2.24, 2.45) is 0 Å². The largest absolute Gasteiger partial charge is 0.444 e. The fourth-order valence-electron chi connectivity index (χ4n) is 2.29. The molecule has 0 aromatic carbocycles. The second-order valence-electron chi connectivity index (χ2n) is 6.11. The zero-order chi connectivity index (χ0) is 16.3. The molecule has 120 valence electrons. The molecular formula is C15H20ClN3O3. The molecule has 0 unspecified atom stereocenters. The fourth-order valence-corrected chi connectivity index (χ4v) is 2.57. The Balaban J connectivity index is 2.04. The lowest BCUT2D eigenvalue weighted by Crippen LogP contribution is -2.50. The molecule has 0 aliphatic carbocycles. The first-order valence-corrected chi connectivity index (χ1v) is 7.52. The minimum Gasteiger partial charge on any atom is -0.444 e. The van der Waals surface area contributed by atoms with Crippen molar-refractivity contribution in [2.45, 2.75) is 26.4 Å². The molecule has 2 rings (SSSR count). The molecule has 0 saturated carbocycles. The number of piperazine rings is 1. The van der Waals surface area contributed by atoms with Crippen molar-refractivity contribution in [1.82, 2.24) is 9.88 Å². The Hall–Kier alpha value is -1.82. The van der Waals surface area contributed by atoms with Crippen molar-refractivity contribution in [3.63, 3.8) is 0 Å². The van der Waals surface area contributed by atoms with Gasteiger partial charge in [-0.15, -0.1) is 0 Å². The highest BCUT2D eigenvalue weighted by Crippen LogP contribution is 2.28. The van der Waals surface area contributed by atoms with E-state index in [2.05, 4.69) is 4.98 Å². The van der Waals surface area contributed by atoms with E-state index < -0.39 is 5.60 Å². The Morgan fingerprint density at radius 1 is 1.32 bits per heavy atom. The lowest BCUT2D eigenvalue weighted by molar-refractivity contribution is 0.0240. The van der Waals surface area contributed by atoms with E-state index in [1.165, 1.54) is 6.20 Å². The van der Waals surface area contributed by atoms with Gasteiger partial charge < -0.3 is 14.5 Å². The maximum absolute atomic E-state index is 12.0. The lowest BCUT2D eigenvalue weighted by Gasteiger charge is -2.37. The Morgan fingerprint density at radius 3 is 2.50 bits per heavy atom. The third-order valence-corrected chi connectivity index (χ3v) is 3.56. The Labute approximate surface area is 135 Å². The summed E-state index contributed by atoms with van der Waals surface area (Å²) >= 11 is 6.11. The van der Waals surface area contributed by atoms with Crippen LogP contribution in [-0.4, -0.2) is 54.0 Å². The molecule has 0 N–H and O–H groups in total. The van der Waals surface area contributed by atoms with Crippen molar-refractivity contribution in [3.05, 3.63) is 23.0 Å². The molecule has 6 nitrogen and oxygen atoms in total. The van der Waals surface area contributed by atoms with Gasteiger partial charge in [0, 0.05) is 37.9 Å². The average Bonchev–Trinajstić information content (AvgIpc) is 2.45. The molecule has 0 spiro atoms. The van der Waals surface area contributed by atoms with Gasteiger partial charge in [0.25, 0.3) is 0 Å². The van der Waals surface area contributed by atoms with Crippen LogP contribution in [0.1, 0.15) is 31.1 Å². The summed E-state index contributed by atoms with van der Waals surface area (Å²) in [7, 11) is 0. The van der Waals surface area contributed by atoms with Gasteiger partial charge in [-0.3, -0.25) is 4.79 Å². The SMILES string of the molecule is CC(C)(C)OC(=O)N1CCN(c2c(C=O)ccnc2Cl)CC1. The van der Waals surface area contributed by atoms with Gasteiger partial charge >= 0.3 is 6.09 Å². The first-order valence-electron chi connectivity index (χ1n) is 7.14. The number of halogens is 1. The Morgan fingerprint density at radius 2 is 1.95 bits per heavy atom. The summed E-state index contributed by atoms with van der Waals surface area (Å²) in [4.78, 5) is 30.8. The molecule has 1 aliphatic heterocycles. The van der Waals surface area contributed by atoms with Crippen molar-refractivity contribution in [1.29, 1.82) is 0 Å². The number of aromatic nitrogens is 1. The molecule has 1 aromatic heterocycles. The minimum atomic E-state index is -0.508. The van der Waals surface area contributed by atoms with E-state index in [4.69, 9.17) is 16.3 Å². The number of hydrogen-bond donors (Lipinski definition) is 0. The van der Waals surface area contributed by atoms with Gasteiger partial charge in [-0.2, -0.15) is 0 Å². The topological polar surface area (TPSA) is 62.7 Å². The summed E-state index contributed by atoms with van der Waals surface area (Å²) in [5, 5.41) is 0.301. The molecule has 0 atom stereocenters. The molecule has 1 fully saturated rings. The van der Waals surface area contributed by atoms with E-state index in [0.29, 0.717) is 42.6 Å². The van der Waals surface area contributed by atoms with Gasteiger partial charge in [0.2, 0.25) is 0 Å². The molecule has 1 saturated heterocycles. The van der Waals surface area contributed by atoms with Crippen LogP contribution in [0.25, 0.3) is 0 Å². The molecule has 0 radical (unpaired) electrons. The van der Waals surface area contributed by atoms with Crippen LogP contribution in [0.15, 0.2) is 12.3 Å². The highest BCUT2D eigenvalue weighted by molar-refractivity contribution is 6.32. The number of anilines is 1. The van der Waals surface area contributed by atoms with Crippen LogP contribution in [-0.2, 0) is 4.74 Å². The molecule has 1 amide bonds. The maximum Gasteiger partial charge on any atom is 0.410 e. The molecule has 7 heteroatoms. The number of ether oxygens (including phenoxy) is 1. The number of hydrogen-bond acceptors (Lipinski definition) is 5. The number of aldehydes is 1. The summed E-state index contributed by atoms with van der Waals surface area (Å²) in [5.41, 5.74) is 0.625. The van der Waals surface area contributed by atoms with Crippen LogP contribution in [0.5, 0.6) is 0 Å². The maximum atomic E-state index is 12.0. The van der Waals surface area contributed by atoms with Crippen molar-refractivity contribution in [3.8, 4) is 0 Å². The third kappa shape index (κ3) is 3.88. The van der Waals surface area contributed by atoms with Gasteiger partial charge in [-0.1, -0.05) is 11.6 Å². The number of pyridine rings is 1. The number of carbonyl (C=O) groups is 2. The zero-order valence-corrected chi connectivity index (χ0v) is 13.8. The molecular weight excluding hydrogens is 306 g/mol. The Kier molecular flexibility index (Phi) is 4.90. The number of amides is 1. The van der Waals surface area contributed by atoms with Crippen molar-refractivity contribution < 1.29 is 14.3 Å². The summed E-state index contributed by atoms with van der Waals surface area (Å²) in [5.74, 6) is 0. The average molecular weight is 326 g/mol. The normalized spacial score (nSPS) is 15.6. The second kappa shape index (κ2) is 6.52. The summed E-state index contributed by atoms with van der Waals surface area (Å²) in [6.45, 7) is 7.70. The molecule has 1 aromatic rings. The van der Waals surface area contributed by atoms with Gasteiger partial charge in [-0.05, 0) is 26.8 Å². The third-order valence-electron chi connectivity index (χ3n) is 3.29. The van der Waals surface area contributed by atoms with Gasteiger partial charge in [0.05, 0.1) is 5.69 Å². The van der Waals surface area contributed by atoms with E-state index in [0.717, 1.165) is 6.29 Å². The Bertz CT molecular complexity index is 564. The quantitative estimate of drug-likeness (QED) is 0.618. The van der Waals surface area contributed by atoms with E-state index in [1.54, 1.807) is 11.0 Å². The fraction of sp³-hybridized carbons (Fsp3) is 0.533. The van der Waals surface area contributed by atoms with Gasteiger partial charge in [0.1, 0.15) is 5.60 Å². The zero-order valence-electron chi connectivity index (χ0n) is 13.0. The number of carbonyl (C=O) groups excluding carboxylic acids is 2. The van der Waals surface area contributed by atoms with Crippen LogP contribution in [0, 0.1) is 0 Å². The van der Waals surface area contributed by atoms with E-state index in [-0.39, 0.29) is 6.09 Å². The van der Waals surface area contributed by atoms with Crippen LogP contribution < -0.4 is 4.90 Å². The number of rotatable bonds is 2. The monoisotopic (exact) mass is 325 g/mol. The van der Waals surface area contributed by atoms with Crippen LogP contribution >= 0.6 is 11.6 Å². The standard InChI is InChI=1S/C15H20ClN3O3/c1-15(2,3)22-14(21)19-8-6-18(7-9-19)12-11(10-20)4-5-17-13(12)16/h4-5,10H,6-9H2,1-3H3. The van der Waals surface area contributed by atoms with Gasteiger partial charge in [-0.25, -0.2) is 9.78 Å². The van der Waals surface area contributed by atoms with Crippen molar-refractivity contribution >= 4 is 29.7 Å². The van der Waals surface area contributed by atoms with Gasteiger partial charge in [0.15, 0.2) is 11.4 Å². The lowest BCUT2D eigenvalue weighted by atomic mass is 10.2. The van der Waals surface area contributed by atoms with Crippen LogP contribution in [0.4, 0.5) is 10.5 Å². The predicted molar refractivity (Wildman–Crippen MR) is 84.7 cm³/mol. The summed E-state index contributed by atoms with van der Waals surface area (Å²) < 4.78 is 5.36. The molecule has 2 heterocycles. The highest BCUT2D eigenvalue weighted by atomic mass is 35.5. The molecule has 0 bridgehead atoms. The van der Waals surface area contributed by atoms with E-state index >= 15 is 0 Å². The summed E-state index contributed by atoms with van der Waals surface area (Å²) in [6.07, 6.45) is 1.95. The van der Waals surface area contributed by atoms with Crippen molar-refractivity contribution in [2.75, 3.05) is 31.1 Å². The predicted octanol–water partition coefficient (Wildman–Crippen LogP) is 2.60. The minimum absolute atomic E-state index is 0.301. The van der Waals surface area contributed by atoms with E-state index in [1.807, 2.05) is 25.7 Å². The molecule has 22 heavy (non-hydrogen) atoms. The first kappa shape index (κ1) is 16.5. The van der Waals surface area contributed by atoms with Crippen LogP contribution in [0.3, 0.4) is 0 Å². The number of nitrogens with zero attached hydrogens (tertiary/aromatic N) is 3. The highest BCUT2D eigenvalue weighted by Gasteiger charge is 2.27. The second-order valence-corrected chi connectivity index (χ2v) is 6.47. The molecule has 1 aliphatic rings. The smallest absolute Gasteiger partial charge is 0.410 e. The first-order chi connectivity index (χ1) is 10.3. The van der Waals surface area contributed by atoms with Crippen LogP contribution in [0.2, 0.25) is 5.15 Å². The summed E-state index contributed by atoms with van der Waals surface area (Å²) in [6, 6.07) is 1.63.